The zero-order valence-corrected chi connectivity index (χ0v) is 11.7. The average molecular weight is 283 g/mol. The van der Waals surface area contributed by atoms with E-state index < -0.39 is 0 Å². The molecular formula is C14H13N5S. The van der Waals surface area contributed by atoms with Crippen LogP contribution in [-0.4, -0.2) is 20.6 Å². The quantitative estimate of drug-likeness (QED) is 0.722. The highest BCUT2D eigenvalue weighted by Gasteiger charge is 2.13. The Balaban J connectivity index is 2.07. The molecule has 0 spiro atoms. The van der Waals surface area contributed by atoms with E-state index in [0.717, 1.165) is 26.6 Å². The van der Waals surface area contributed by atoms with E-state index in [2.05, 4.69) is 20.6 Å². The van der Waals surface area contributed by atoms with Crippen molar-refractivity contribution in [1.82, 2.24) is 20.6 Å². The Labute approximate surface area is 120 Å². The lowest BCUT2D eigenvalue weighted by Gasteiger charge is -2.10. The van der Waals surface area contributed by atoms with E-state index in [1.54, 1.807) is 11.8 Å². The zero-order chi connectivity index (χ0) is 13.9. The van der Waals surface area contributed by atoms with Crippen molar-refractivity contribution in [3.8, 4) is 11.4 Å². The summed E-state index contributed by atoms with van der Waals surface area (Å²) in [5, 5.41) is 14.1. The largest absolute Gasteiger partial charge is 0.398 e. The number of nitrogens with two attached hydrogens (primary N) is 1. The summed E-state index contributed by atoms with van der Waals surface area (Å²) in [6.07, 6.45) is 0. The summed E-state index contributed by atoms with van der Waals surface area (Å²) in [6.45, 7) is 2.04. The number of tetrazole rings is 1. The molecule has 0 atom stereocenters. The predicted octanol–water partition coefficient (Wildman–Crippen LogP) is 2.91. The Morgan fingerprint density at radius 1 is 1.05 bits per heavy atom. The van der Waals surface area contributed by atoms with Crippen molar-refractivity contribution in [3.05, 3.63) is 48.0 Å². The minimum absolute atomic E-state index is 0.667. The molecule has 0 saturated carbocycles. The van der Waals surface area contributed by atoms with Gasteiger partial charge in [-0.3, -0.25) is 0 Å². The Bertz CT molecular complexity index is 724. The maximum absolute atomic E-state index is 6.01. The summed E-state index contributed by atoms with van der Waals surface area (Å²) in [6, 6.07) is 13.9. The molecule has 3 rings (SSSR count). The fraction of sp³-hybridized carbons (Fsp3) is 0.0714. The molecule has 0 aliphatic heterocycles. The van der Waals surface area contributed by atoms with Gasteiger partial charge in [0, 0.05) is 21.0 Å². The maximum atomic E-state index is 6.01. The molecule has 0 aliphatic rings. The third-order valence-electron chi connectivity index (χ3n) is 2.96. The Morgan fingerprint density at radius 2 is 1.85 bits per heavy atom. The molecule has 0 aliphatic carbocycles. The van der Waals surface area contributed by atoms with Gasteiger partial charge < -0.3 is 5.73 Å². The second-order valence-electron chi connectivity index (χ2n) is 4.34. The number of anilines is 1. The Hall–Kier alpha value is -2.34. The van der Waals surface area contributed by atoms with E-state index in [9.17, 15) is 0 Å². The van der Waals surface area contributed by atoms with Gasteiger partial charge in [0.2, 0.25) is 0 Å². The number of hydrogen-bond donors (Lipinski definition) is 2. The molecule has 100 valence electrons. The molecule has 0 radical (unpaired) electrons. The summed E-state index contributed by atoms with van der Waals surface area (Å²) in [5.41, 5.74) is 8.89. The van der Waals surface area contributed by atoms with Crippen molar-refractivity contribution in [2.75, 3.05) is 5.73 Å². The number of rotatable bonds is 3. The topological polar surface area (TPSA) is 80.5 Å². The molecule has 1 heterocycles. The number of hydrogen-bond acceptors (Lipinski definition) is 5. The molecule has 0 saturated heterocycles. The predicted molar refractivity (Wildman–Crippen MR) is 79.3 cm³/mol. The van der Waals surface area contributed by atoms with Gasteiger partial charge in [-0.1, -0.05) is 36.0 Å². The van der Waals surface area contributed by atoms with E-state index in [-0.39, 0.29) is 0 Å². The van der Waals surface area contributed by atoms with Gasteiger partial charge in [0.05, 0.1) is 0 Å². The van der Waals surface area contributed by atoms with Crippen LogP contribution in [0.3, 0.4) is 0 Å². The fourth-order valence-electron chi connectivity index (χ4n) is 1.99. The van der Waals surface area contributed by atoms with Crippen molar-refractivity contribution in [2.24, 2.45) is 0 Å². The molecule has 0 amide bonds. The van der Waals surface area contributed by atoms with Crippen LogP contribution < -0.4 is 5.73 Å². The molecule has 1 aromatic heterocycles. The Kier molecular flexibility index (Phi) is 3.39. The molecule has 0 bridgehead atoms. The van der Waals surface area contributed by atoms with Gasteiger partial charge >= 0.3 is 0 Å². The molecule has 6 heteroatoms. The lowest BCUT2D eigenvalue weighted by atomic mass is 10.1. The first-order valence-corrected chi connectivity index (χ1v) is 6.93. The van der Waals surface area contributed by atoms with Crippen molar-refractivity contribution in [3.63, 3.8) is 0 Å². The van der Waals surface area contributed by atoms with Crippen molar-refractivity contribution >= 4 is 17.4 Å². The lowest BCUT2D eigenvalue weighted by Crippen LogP contribution is -1.91. The van der Waals surface area contributed by atoms with Crippen LogP contribution in [0, 0.1) is 6.92 Å². The number of aromatic nitrogens is 4. The normalized spacial score (nSPS) is 10.7. The number of para-hydroxylation sites is 1. The summed E-state index contributed by atoms with van der Waals surface area (Å²) >= 11 is 1.61. The van der Waals surface area contributed by atoms with Crippen LogP contribution in [0.15, 0.2) is 52.3 Å². The second kappa shape index (κ2) is 5.34. The van der Waals surface area contributed by atoms with Crippen LogP contribution in [0.5, 0.6) is 0 Å². The van der Waals surface area contributed by atoms with Crippen LogP contribution in [0.4, 0.5) is 5.69 Å². The lowest BCUT2D eigenvalue weighted by molar-refractivity contribution is 0.881. The van der Waals surface area contributed by atoms with Crippen LogP contribution in [0.1, 0.15) is 5.56 Å². The zero-order valence-electron chi connectivity index (χ0n) is 10.9. The van der Waals surface area contributed by atoms with E-state index in [0.29, 0.717) is 5.82 Å². The van der Waals surface area contributed by atoms with Gasteiger partial charge in [0.1, 0.15) is 0 Å². The highest BCUT2D eigenvalue weighted by atomic mass is 32.2. The van der Waals surface area contributed by atoms with Gasteiger partial charge in [-0.2, -0.15) is 0 Å². The minimum atomic E-state index is 0.667. The van der Waals surface area contributed by atoms with E-state index in [1.807, 2.05) is 49.4 Å². The van der Waals surface area contributed by atoms with Crippen LogP contribution in [0.2, 0.25) is 0 Å². The SMILES string of the molecule is Cc1cccc(Sc2ccccc2N)c1-c1nnn[nH]1. The molecule has 3 aromatic rings. The molecule has 0 fully saturated rings. The number of H-pyrrole nitrogens is 1. The summed E-state index contributed by atoms with van der Waals surface area (Å²) < 4.78 is 0. The first kappa shape index (κ1) is 12.7. The van der Waals surface area contributed by atoms with Crippen LogP contribution in [0.25, 0.3) is 11.4 Å². The van der Waals surface area contributed by atoms with Crippen molar-refractivity contribution < 1.29 is 0 Å². The molecular weight excluding hydrogens is 270 g/mol. The fourth-order valence-corrected chi connectivity index (χ4v) is 3.06. The number of nitrogens with zero attached hydrogens (tertiary/aromatic N) is 3. The number of benzene rings is 2. The first-order valence-electron chi connectivity index (χ1n) is 6.12. The number of aryl methyl sites for hydroxylation is 1. The molecule has 20 heavy (non-hydrogen) atoms. The smallest absolute Gasteiger partial charge is 0.180 e. The number of nitrogen functional groups attached to an aromatic ring is 1. The van der Waals surface area contributed by atoms with Gasteiger partial charge in [0.25, 0.3) is 0 Å². The molecule has 2 aromatic carbocycles. The van der Waals surface area contributed by atoms with Gasteiger partial charge in [0.15, 0.2) is 5.82 Å². The number of nitrogens with one attached hydrogen (secondary N) is 1. The van der Waals surface area contributed by atoms with E-state index >= 15 is 0 Å². The third kappa shape index (κ3) is 2.37. The monoisotopic (exact) mass is 283 g/mol. The van der Waals surface area contributed by atoms with Gasteiger partial charge in [-0.25, -0.2) is 5.10 Å². The average Bonchev–Trinajstić information content (AvgIpc) is 2.95. The van der Waals surface area contributed by atoms with Crippen molar-refractivity contribution in [2.45, 2.75) is 16.7 Å². The highest BCUT2D eigenvalue weighted by Crippen LogP contribution is 2.38. The standard InChI is InChI=1S/C14H13N5S/c1-9-5-4-8-12(13(9)14-16-18-19-17-14)20-11-7-3-2-6-10(11)15/h2-8H,15H2,1H3,(H,16,17,18,19). The second-order valence-corrected chi connectivity index (χ2v) is 5.42. The number of aromatic amines is 1. The molecule has 5 nitrogen and oxygen atoms in total. The molecule has 3 N–H and O–H groups in total. The van der Waals surface area contributed by atoms with Crippen LogP contribution in [-0.2, 0) is 0 Å². The minimum Gasteiger partial charge on any atom is -0.398 e. The van der Waals surface area contributed by atoms with Crippen molar-refractivity contribution in [1.29, 1.82) is 0 Å². The summed E-state index contributed by atoms with van der Waals surface area (Å²) in [4.78, 5) is 2.09. The highest BCUT2D eigenvalue weighted by molar-refractivity contribution is 7.99. The first-order chi connectivity index (χ1) is 9.75. The third-order valence-corrected chi connectivity index (χ3v) is 4.11. The van der Waals surface area contributed by atoms with Crippen LogP contribution >= 0.6 is 11.8 Å². The van der Waals surface area contributed by atoms with E-state index in [1.165, 1.54) is 0 Å². The summed E-state index contributed by atoms with van der Waals surface area (Å²) in [5.74, 6) is 0.667. The van der Waals surface area contributed by atoms with E-state index in [4.69, 9.17) is 5.73 Å². The van der Waals surface area contributed by atoms with Gasteiger partial charge in [-0.15, -0.1) is 5.10 Å². The van der Waals surface area contributed by atoms with Gasteiger partial charge in [-0.05, 0) is 41.1 Å². The maximum Gasteiger partial charge on any atom is 0.180 e. The summed E-state index contributed by atoms with van der Waals surface area (Å²) in [7, 11) is 0. The Morgan fingerprint density at radius 3 is 2.60 bits per heavy atom. The molecule has 0 unspecified atom stereocenters.